The van der Waals surface area contributed by atoms with E-state index in [-0.39, 0.29) is 18.1 Å². The standard InChI is InChI=1S/C13H27BN2O4.CO2/c15-12(5-1-2-7-14(19)20)6-9-16-8-3-4-11(10-16)13(17)18;2-1-3/h11-12,19-20H,1-10,15H2,(H,17,18);/t11-,12?;/m1./s1. The predicted molar refractivity (Wildman–Crippen MR) is 83.2 cm³/mol. The summed E-state index contributed by atoms with van der Waals surface area (Å²) in [6, 6.07) is 0.107. The highest BCUT2D eigenvalue weighted by atomic mass is 16.4. The number of hydrogen-bond acceptors (Lipinski definition) is 7. The van der Waals surface area contributed by atoms with Gasteiger partial charge in [-0.2, -0.15) is 9.59 Å². The van der Waals surface area contributed by atoms with Crippen LogP contribution in [0.3, 0.4) is 0 Å². The smallest absolute Gasteiger partial charge is 0.451 e. The number of aliphatic carboxylic acids is 1. The van der Waals surface area contributed by atoms with Crippen LogP contribution in [-0.4, -0.2) is 65.0 Å². The fourth-order valence-electron chi connectivity index (χ4n) is 2.69. The average Bonchev–Trinajstić information content (AvgIpc) is 2.50. The molecule has 0 bridgehead atoms. The number of carboxylic acid groups (broad SMARTS) is 1. The second-order valence-corrected chi connectivity index (χ2v) is 5.88. The molecule has 0 aliphatic carbocycles. The molecule has 1 fully saturated rings. The van der Waals surface area contributed by atoms with Gasteiger partial charge in [0.05, 0.1) is 5.92 Å². The lowest BCUT2D eigenvalue weighted by atomic mass is 9.83. The lowest BCUT2D eigenvalue weighted by Crippen LogP contribution is -2.40. The minimum atomic E-state index is -1.22. The molecule has 0 amide bonds. The SMILES string of the molecule is NC(CCCCB(O)O)CCN1CCC[C@@H](C(=O)O)C1.O=C=O. The van der Waals surface area contributed by atoms with Crippen molar-refractivity contribution in [2.24, 2.45) is 11.7 Å². The first-order valence-corrected chi connectivity index (χ1v) is 7.96. The van der Waals surface area contributed by atoms with Gasteiger partial charge in [0.15, 0.2) is 0 Å². The van der Waals surface area contributed by atoms with E-state index >= 15 is 0 Å². The number of carboxylic acids is 1. The second kappa shape index (κ2) is 13.2. The highest BCUT2D eigenvalue weighted by molar-refractivity contribution is 6.40. The molecule has 1 unspecified atom stereocenters. The van der Waals surface area contributed by atoms with E-state index in [1.807, 2.05) is 0 Å². The van der Waals surface area contributed by atoms with Gasteiger partial charge in [0.2, 0.25) is 0 Å². The van der Waals surface area contributed by atoms with Gasteiger partial charge < -0.3 is 25.8 Å². The molecular formula is C14H27BN2O6. The first-order valence-electron chi connectivity index (χ1n) is 7.96. The number of nitrogens with zero attached hydrogens (tertiary/aromatic N) is 1. The number of hydrogen-bond donors (Lipinski definition) is 4. The third-order valence-electron chi connectivity index (χ3n) is 3.96. The van der Waals surface area contributed by atoms with Gasteiger partial charge in [-0.1, -0.05) is 12.8 Å². The van der Waals surface area contributed by atoms with Crippen LogP contribution in [0.2, 0.25) is 6.32 Å². The van der Waals surface area contributed by atoms with Gasteiger partial charge in [0, 0.05) is 12.6 Å². The molecule has 9 heteroatoms. The molecule has 5 N–H and O–H groups in total. The molecule has 0 saturated carbocycles. The van der Waals surface area contributed by atoms with Gasteiger partial charge in [0.25, 0.3) is 0 Å². The average molecular weight is 330 g/mol. The highest BCUT2D eigenvalue weighted by Crippen LogP contribution is 2.17. The van der Waals surface area contributed by atoms with Crippen molar-refractivity contribution in [3.05, 3.63) is 0 Å². The van der Waals surface area contributed by atoms with Crippen LogP contribution in [0, 0.1) is 5.92 Å². The molecule has 1 saturated heterocycles. The Kier molecular flexibility index (Phi) is 12.5. The summed E-state index contributed by atoms with van der Waals surface area (Å²) in [5.41, 5.74) is 6.03. The van der Waals surface area contributed by atoms with Crippen molar-refractivity contribution in [2.45, 2.75) is 50.9 Å². The molecule has 1 aliphatic heterocycles. The van der Waals surface area contributed by atoms with Crippen LogP contribution in [-0.2, 0) is 14.4 Å². The number of likely N-dealkylation sites (tertiary alicyclic amines) is 1. The molecular weight excluding hydrogens is 303 g/mol. The molecule has 0 spiro atoms. The predicted octanol–water partition coefficient (Wildman–Crippen LogP) is -0.440. The zero-order valence-electron chi connectivity index (χ0n) is 13.4. The van der Waals surface area contributed by atoms with Gasteiger partial charge >= 0.3 is 19.2 Å². The van der Waals surface area contributed by atoms with Gasteiger partial charge in [0.1, 0.15) is 0 Å². The lowest BCUT2D eigenvalue weighted by molar-refractivity contribution is -0.191. The minimum absolute atomic E-state index is 0.107. The van der Waals surface area contributed by atoms with Crippen LogP contribution in [0.15, 0.2) is 0 Å². The molecule has 132 valence electrons. The van der Waals surface area contributed by atoms with Gasteiger partial charge in [-0.3, -0.25) is 4.79 Å². The molecule has 0 radical (unpaired) electrons. The van der Waals surface area contributed by atoms with E-state index in [4.69, 9.17) is 30.5 Å². The summed E-state index contributed by atoms with van der Waals surface area (Å²) >= 11 is 0. The van der Waals surface area contributed by atoms with Crippen molar-refractivity contribution < 1.29 is 29.5 Å². The van der Waals surface area contributed by atoms with Gasteiger partial charge in [-0.05, 0) is 45.1 Å². The van der Waals surface area contributed by atoms with Crippen molar-refractivity contribution in [3.63, 3.8) is 0 Å². The van der Waals surface area contributed by atoms with Crippen molar-refractivity contribution in [3.8, 4) is 0 Å². The van der Waals surface area contributed by atoms with Crippen molar-refractivity contribution in [2.75, 3.05) is 19.6 Å². The molecule has 0 aromatic heterocycles. The summed E-state index contributed by atoms with van der Waals surface area (Å²) in [6.45, 7) is 2.46. The summed E-state index contributed by atoms with van der Waals surface area (Å²) < 4.78 is 0. The Hall–Kier alpha value is -1.25. The molecule has 0 aromatic carbocycles. The van der Waals surface area contributed by atoms with E-state index in [9.17, 15) is 4.79 Å². The summed E-state index contributed by atoms with van der Waals surface area (Å²) in [4.78, 5) is 29.4. The topological polar surface area (TPSA) is 141 Å². The fourth-order valence-corrected chi connectivity index (χ4v) is 2.69. The van der Waals surface area contributed by atoms with Crippen molar-refractivity contribution in [1.29, 1.82) is 0 Å². The maximum atomic E-state index is 11.0. The normalized spacial score (nSPS) is 19.2. The Balaban J connectivity index is 0.00000149. The maximum absolute atomic E-state index is 11.0. The van der Waals surface area contributed by atoms with E-state index < -0.39 is 13.1 Å². The van der Waals surface area contributed by atoms with Gasteiger partial charge in [-0.25, -0.2) is 0 Å². The fraction of sp³-hybridized carbons (Fsp3) is 0.857. The zero-order valence-corrected chi connectivity index (χ0v) is 13.4. The second-order valence-electron chi connectivity index (χ2n) is 5.88. The number of carbonyl (C=O) groups excluding carboxylic acids is 2. The van der Waals surface area contributed by atoms with E-state index in [0.29, 0.717) is 12.9 Å². The lowest BCUT2D eigenvalue weighted by Gasteiger charge is -2.31. The maximum Gasteiger partial charge on any atom is 0.451 e. The van der Waals surface area contributed by atoms with Crippen molar-refractivity contribution in [1.82, 2.24) is 4.90 Å². The van der Waals surface area contributed by atoms with Crippen LogP contribution in [0.4, 0.5) is 0 Å². The Morgan fingerprint density at radius 3 is 2.52 bits per heavy atom. The van der Waals surface area contributed by atoms with Gasteiger partial charge in [-0.15, -0.1) is 0 Å². The van der Waals surface area contributed by atoms with E-state index in [0.717, 1.165) is 51.6 Å². The first-order chi connectivity index (χ1) is 10.9. The third kappa shape index (κ3) is 11.9. The molecule has 1 heterocycles. The first kappa shape index (κ1) is 21.8. The Labute approximate surface area is 136 Å². The zero-order chi connectivity index (χ0) is 17.7. The number of unbranched alkanes of at least 4 members (excludes halogenated alkanes) is 1. The number of rotatable bonds is 9. The third-order valence-corrected chi connectivity index (χ3v) is 3.96. The molecule has 1 rings (SSSR count). The Morgan fingerprint density at radius 2 is 1.96 bits per heavy atom. The van der Waals surface area contributed by atoms with Crippen LogP contribution in [0.25, 0.3) is 0 Å². The number of carbonyl (C=O) groups is 1. The van der Waals surface area contributed by atoms with Crippen LogP contribution < -0.4 is 5.73 Å². The highest BCUT2D eigenvalue weighted by Gasteiger charge is 2.25. The summed E-state index contributed by atoms with van der Waals surface area (Å²) in [7, 11) is -1.22. The van der Waals surface area contributed by atoms with Crippen LogP contribution in [0.1, 0.15) is 38.5 Å². The Bertz CT molecular complexity index is 363. The molecule has 0 aromatic rings. The monoisotopic (exact) mass is 330 g/mol. The number of piperidine rings is 1. The Morgan fingerprint density at radius 1 is 1.30 bits per heavy atom. The van der Waals surface area contributed by atoms with Crippen LogP contribution in [0.5, 0.6) is 0 Å². The quantitative estimate of drug-likeness (QED) is 0.329. The summed E-state index contributed by atoms with van der Waals surface area (Å²) in [5.74, 6) is -0.924. The largest absolute Gasteiger partial charge is 0.481 e. The molecule has 2 atom stereocenters. The van der Waals surface area contributed by atoms with Crippen LogP contribution >= 0.6 is 0 Å². The van der Waals surface area contributed by atoms with E-state index in [1.165, 1.54) is 0 Å². The molecule has 1 aliphatic rings. The van der Waals surface area contributed by atoms with E-state index in [1.54, 1.807) is 0 Å². The van der Waals surface area contributed by atoms with E-state index in [2.05, 4.69) is 4.90 Å². The summed E-state index contributed by atoms with van der Waals surface area (Å²) in [6.07, 6.45) is 5.80. The minimum Gasteiger partial charge on any atom is -0.481 e. The number of nitrogens with two attached hydrogens (primary N) is 1. The molecule has 8 nitrogen and oxygen atoms in total. The summed E-state index contributed by atoms with van der Waals surface area (Å²) in [5, 5.41) is 26.5. The van der Waals surface area contributed by atoms with Crippen molar-refractivity contribution >= 4 is 19.2 Å². The molecule has 23 heavy (non-hydrogen) atoms.